The maximum Gasteiger partial charge on any atom is 0.121 e. The van der Waals surface area contributed by atoms with Crippen molar-refractivity contribution in [3.05, 3.63) is 45.7 Å². The maximum absolute atomic E-state index is 5.95. The molecule has 0 fully saturated rings. The number of nitrogens with zero attached hydrogens (tertiary/aromatic N) is 2. The van der Waals surface area contributed by atoms with Gasteiger partial charge in [-0.25, -0.2) is 5.43 Å². The first kappa shape index (κ1) is 15.3. The molecule has 2 unspecified atom stereocenters. The van der Waals surface area contributed by atoms with E-state index in [0.717, 1.165) is 10.2 Å². The summed E-state index contributed by atoms with van der Waals surface area (Å²) in [6, 6.07) is 7.05. The van der Waals surface area contributed by atoms with Crippen molar-refractivity contribution in [3.63, 3.8) is 0 Å². The van der Waals surface area contributed by atoms with Crippen LogP contribution in [0.3, 0.4) is 0 Å². The van der Waals surface area contributed by atoms with E-state index in [-0.39, 0.29) is 12.1 Å². The summed E-state index contributed by atoms with van der Waals surface area (Å²) in [4.78, 5) is 0. The van der Waals surface area contributed by atoms with Gasteiger partial charge in [-0.2, -0.15) is 5.10 Å². The molecule has 2 aromatic rings. The third-order valence-electron chi connectivity index (χ3n) is 3.00. The van der Waals surface area contributed by atoms with Gasteiger partial charge >= 0.3 is 0 Å². The van der Waals surface area contributed by atoms with Crippen molar-refractivity contribution in [2.75, 3.05) is 0 Å². The lowest BCUT2D eigenvalue weighted by molar-refractivity contribution is 0.166. The summed E-state index contributed by atoms with van der Waals surface area (Å²) in [6.07, 6.45) is 1.52. The summed E-state index contributed by atoms with van der Waals surface area (Å²) >= 11 is 9.42. The zero-order chi connectivity index (χ0) is 14.7. The highest BCUT2D eigenvalue weighted by atomic mass is 79.9. The van der Waals surface area contributed by atoms with E-state index in [2.05, 4.69) is 26.5 Å². The van der Waals surface area contributed by atoms with Crippen molar-refractivity contribution in [1.29, 1.82) is 0 Å². The number of benzene rings is 1. The number of nitrogens with one attached hydrogen (secondary N) is 1. The summed E-state index contributed by atoms with van der Waals surface area (Å²) in [7, 11) is 1.86. The van der Waals surface area contributed by atoms with E-state index in [1.54, 1.807) is 23.0 Å². The van der Waals surface area contributed by atoms with Crippen molar-refractivity contribution < 1.29 is 4.74 Å². The molecule has 2 atom stereocenters. The van der Waals surface area contributed by atoms with Gasteiger partial charge in [-0.15, -0.1) is 0 Å². The molecule has 0 amide bonds. The second kappa shape index (κ2) is 6.58. The van der Waals surface area contributed by atoms with Gasteiger partial charge in [-0.05, 0) is 41.1 Å². The first-order valence-electron chi connectivity index (χ1n) is 6.08. The van der Waals surface area contributed by atoms with Gasteiger partial charge in [0.1, 0.15) is 17.9 Å². The number of aryl methyl sites for hydroxylation is 1. The van der Waals surface area contributed by atoms with Gasteiger partial charge in [-0.1, -0.05) is 17.7 Å². The van der Waals surface area contributed by atoms with Gasteiger partial charge in [-0.3, -0.25) is 10.5 Å². The SMILES string of the molecule is CC(Oc1cccc(Cl)c1)C(NN)c1c(Br)cnn1C. The molecule has 3 N–H and O–H groups in total. The predicted molar refractivity (Wildman–Crippen MR) is 82.5 cm³/mol. The van der Waals surface area contributed by atoms with E-state index >= 15 is 0 Å². The molecule has 1 aromatic carbocycles. The summed E-state index contributed by atoms with van der Waals surface area (Å²) in [6.45, 7) is 1.94. The highest BCUT2D eigenvalue weighted by Crippen LogP contribution is 2.27. The van der Waals surface area contributed by atoms with E-state index in [4.69, 9.17) is 22.2 Å². The second-order valence-electron chi connectivity index (χ2n) is 4.43. The number of hydrazine groups is 1. The Bertz CT molecular complexity index is 570. The van der Waals surface area contributed by atoms with Gasteiger partial charge in [0.2, 0.25) is 0 Å². The molecular formula is C13H16BrClN4O. The Balaban J connectivity index is 2.20. The number of ether oxygens (including phenoxy) is 1. The number of halogens is 2. The molecule has 1 heterocycles. The topological polar surface area (TPSA) is 65.1 Å². The Hall–Kier alpha value is -1.08. The van der Waals surface area contributed by atoms with Crippen LogP contribution in [0.15, 0.2) is 34.9 Å². The Morgan fingerprint density at radius 1 is 1.50 bits per heavy atom. The molecule has 1 aromatic heterocycles. The predicted octanol–water partition coefficient (Wildman–Crippen LogP) is 2.81. The molecule has 108 valence electrons. The normalized spacial score (nSPS) is 14.1. The molecule has 7 heteroatoms. The summed E-state index contributed by atoms with van der Waals surface area (Å²) in [5.74, 6) is 6.37. The number of hydrogen-bond donors (Lipinski definition) is 2. The zero-order valence-corrected chi connectivity index (χ0v) is 13.5. The van der Waals surface area contributed by atoms with Crippen molar-refractivity contribution in [1.82, 2.24) is 15.2 Å². The third kappa shape index (κ3) is 3.32. The van der Waals surface area contributed by atoms with Crippen LogP contribution in [0.25, 0.3) is 0 Å². The van der Waals surface area contributed by atoms with Crippen LogP contribution >= 0.6 is 27.5 Å². The van der Waals surface area contributed by atoms with E-state index < -0.39 is 0 Å². The molecule has 0 spiro atoms. The average molecular weight is 360 g/mol. The molecule has 5 nitrogen and oxygen atoms in total. The van der Waals surface area contributed by atoms with E-state index in [0.29, 0.717) is 10.8 Å². The van der Waals surface area contributed by atoms with Crippen LogP contribution in [0.2, 0.25) is 5.02 Å². The van der Waals surface area contributed by atoms with Crippen molar-refractivity contribution in [3.8, 4) is 5.75 Å². The molecular weight excluding hydrogens is 344 g/mol. The van der Waals surface area contributed by atoms with Crippen LogP contribution < -0.4 is 16.0 Å². The minimum Gasteiger partial charge on any atom is -0.489 e. The number of rotatable bonds is 5. The van der Waals surface area contributed by atoms with Gasteiger partial charge in [0.15, 0.2) is 0 Å². The van der Waals surface area contributed by atoms with Gasteiger partial charge in [0.25, 0.3) is 0 Å². The molecule has 0 aliphatic rings. The first-order chi connectivity index (χ1) is 9.52. The van der Waals surface area contributed by atoms with Crippen molar-refractivity contribution in [2.24, 2.45) is 12.9 Å². The van der Waals surface area contributed by atoms with E-state index in [9.17, 15) is 0 Å². The van der Waals surface area contributed by atoms with Crippen LogP contribution in [0, 0.1) is 0 Å². The summed E-state index contributed by atoms with van der Waals surface area (Å²) < 4.78 is 8.53. The molecule has 0 bridgehead atoms. The minimum absolute atomic E-state index is 0.204. The number of hydrogen-bond acceptors (Lipinski definition) is 4. The lowest BCUT2D eigenvalue weighted by Crippen LogP contribution is -2.39. The minimum atomic E-state index is -0.212. The molecule has 20 heavy (non-hydrogen) atoms. The third-order valence-corrected chi connectivity index (χ3v) is 3.85. The molecule has 0 aliphatic carbocycles. The van der Waals surface area contributed by atoms with Crippen LogP contribution in [-0.2, 0) is 7.05 Å². The first-order valence-corrected chi connectivity index (χ1v) is 7.25. The fourth-order valence-electron chi connectivity index (χ4n) is 2.03. The Morgan fingerprint density at radius 3 is 2.80 bits per heavy atom. The zero-order valence-electron chi connectivity index (χ0n) is 11.2. The van der Waals surface area contributed by atoms with E-state index in [1.807, 2.05) is 26.1 Å². The molecule has 2 rings (SSSR count). The Kier molecular flexibility index (Phi) is 5.04. The van der Waals surface area contributed by atoms with Gasteiger partial charge in [0.05, 0.1) is 16.4 Å². The quantitative estimate of drug-likeness (QED) is 0.636. The monoisotopic (exact) mass is 358 g/mol. The van der Waals surface area contributed by atoms with Crippen molar-refractivity contribution in [2.45, 2.75) is 19.1 Å². The average Bonchev–Trinajstić information content (AvgIpc) is 2.72. The fraction of sp³-hybridized carbons (Fsp3) is 0.308. The molecule has 0 aliphatic heterocycles. The molecule has 0 saturated carbocycles. The lowest BCUT2D eigenvalue weighted by Gasteiger charge is -2.25. The molecule has 0 radical (unpaired) electrons. The van der Waals surface area contributed by atoms with Crippen LogP contribution in [0.4, 0.5) is 0 Å². The highest BCUT2D eigenvalue weighted by Gasteiger charge is 2.25. The number of aromatic nitrogens is 2. The second-order valence-corrected chi connectivity index (χ2v) is 5.72. The van der Waals surface area contributed by atoms with Crippen LogP contribution in [0.1, 0.15) is 18.7 Å². The van der Waals surface area contributed by atoms with Crippen LogP contribution in [0.5, 0.6) is 5.75 Å². The van der Waals surface area contributed by atoms with Crippen molar-refractivity contribution >= 4 is 27.5 Å². The largest absolute Gasteiger partial charge is 0.489 e. The number of nitrogens with two attached hydrogens (primary N) is 1. The van der Waals surface area contributed by atoms with E-state index in [1.165, 1.54) is 0 Å². The smallest absolute Gasteiger partial charge is 0.121 e. The lowest BCUT2D eigenvalue weighted by atomic mass is 10.1. The van der Waals surface area contributed by atoms with Gasteiger partial charge in [0, 0.05) is 12.1 Å². The Morgan fingerprint density at radius 2 is 2.25 bits per heavy atom. The highest BCUT2D eigenvalue weighted by molar-refractivity contribution is 9.10. The summed E-state index contributed by atoms with van der Waals surface area (Å²) in [5, 5.41) is 4.82. The van der Waals surface area contributed by atoms with Crippen LogP contribution in [-0.4, -0.2) is 15.9 Å². The Labute approximate surface area is 131 Å². The summed E-state index contributed by atoms with van der Waals surface area (Å²) in [5.41, 5.74) is 3.69. The van der Waals surface area contributed by atoms with Gasteiger partial charge < -0.3 is 4.74 Å². The molecule has 0 saturated heterocycles. The standard InChI is InChI=1S/C13H16BrClN4O/c1-8(20-10-5-3-4-9(15)6-10)12(18-16)13-11(14)7-17-19(13)2/h3-8,12,18H,16H2,1-2H3. The fourth-order valence-corrected chi connectivity index (χ4v) is 2.80. The maximum atomic E-state index is 5.95.